The molecule has 0 amide bonds. The number of hydrogen-bond acceptors (Lipinski definition) is 7. The Morgan fingerprint density at radius 1 is 1.48 bits per heavy atom. The van der Waals surface area contributed by atoms with Crippen LogP contribution in [0.5, 0.6) is 0 Å². The Kier molecular flexibility index (Phi) is 5.30. The SMILES string of the molecule is N#Cc1cc(F)ccc1CN(N)C1=C(N)CN(c2cn[nH]c(=O)c2Cl)CC1. The molecule has 140 valence electrons. The highest BCUT2D eigenvalue weighted by atomic mass is 35.5. The van der Waals surface area contributed by atoms with Crippen molar-refractivity contribution in [1.82, 2.24) is 15.2 Å². The Hall–Kier alpha value is -3.09. The van der Waals surface area contributed by atoms with Gasteiger partial charge in [-0.3, -0.25) is 4.79 Å². The minimum atomic E-state index is -0.478. The molecule has 1 aliphatic heterocycles. The molecule has 1 aromatic heterocycles. The molecule has 0 unspecified atom stereocenters. The van der Waals surface area contributed by atoms with Crippen molar-refractivity contribution in [2.75, 3.05) is 18.0 Å². The minimum Gasteiger partial charge on any atom is -0.399 e. The lowest BCUT2D eigenvalue weighted by Crippen LogP contribution is -2.42. The summed E-state index contributed by atoms with van der Waals surface area (Å²) in [4.78, 5) is 13.5. The van der Waals surface area contributed by atoms with Crippen LogP contribution < -0.4 is 22.0 Å². The van der Waals surface area contributed by atoms with Gasteiger partial charge in [0, 0.05) is 18.7 Å². The number of nitriles is 1. The number of aromatic amines is 1. The summed E-state index contributed by atoms with van der Waals surface area (Å²) in [6.45, 7) is 1.07. The lowest BCUT2D eigenvalue weighted by atomic mass is 10.1. The normalized spacial score (nSPS) is 14.2. The minimum absolute atomic E-state index is 0.0517. The Bertz CT molecular complexity index is 998. The Morgan fingerprint density at radius 2 is 2.26 bits per heavy atom. The van der Waals surface area contributed by atoms with E-state index in [-0.39, 0.29) is 17.1 Å². The number of aromatic nitrogens is 2. The number of benzene rings is 1. The third-order valence-corrected chi connectivity index (χ3v) is 4.71. The van der Waals surface area contributed by atoms with Crippen molar-refractivity contribution in [3.8, 4) is 6.07 Å². The zero-order valence-electron chi connectivity index (χ0n) is 14.2. The quantitative estimate of drug-likeness (QED) is 0.529. The number of anilines is 1. The van der Waals surface area contributed by atoms with E-state index in [1.807, 2.05) is 11.0 Å². The van der Waals surface area contributed by atoms with Crippen LogP contribution in [-0.2, 0) is 6.54 Å². The Morgan fingerprint density at radius 3 is 2.96 bits per heavy atom. The van der Waals surface area contributed by atoms with E-state index in [1.165, 1.54) is 29.4 Å². The van der Waals surface area contributed by atoms with Crippen LogP contribution in [0.25, 0.3) is 0 Å². The van der Waals surface area contributed by atoms with Crippen molar-refractivity contribution >= 4 is 17.3 Å². The van der Waals surface area contributed by atoms with E-state index in [9.17, 15) is 9.18 Å². The second-order valence-electron chi connectivity index (χ2n) is 6.08. The number of nitrogens with zero attached hydrogens (tertiary/aromatic N) is 4. The van der Waals surface area contributed by atoms with Crippen LogP contribution in [0.4, 0.5) is 10.1 Å². The van der Waals surface area contributed by atoms with Crippen LogP contribution in [-0.4, -0.2) is 28.3 Å². The summed E-state index contributed by atoms with van der Waals surface area (Å²) in [5.41, 5.74) is 8.27. The van der Waals surface area contributed by atoms with Crippen molar-refractivity contribution in [2.45, 2.75) is 13.0 Å². The van der Waals surface area contributed by atoms with Crippen molar-refractivity contribution in [1.29, 1.82) is 5.26 Å². The van der Waals surface area contributed by atoms with E-state index in [2.05, 4.69) is 10.2 Å². The predicted molar refractivity (Wildman–Crippen MR) is 98.8 cm³/mol. The maximum Gasteiger partial charge on any atom is 0.285 e. The van der Waals surface area contributed by atoms with Gasteiger partial charge in [0.15, 0.2) is 0 Å². The smallest absolute Gasteiger partial charge is 0.285 e. The van der Waals surface area contributed by atoms with Gasteiger partial charge in [-0.15, -0.1) is 0 Å². The van der Waals surface area contributed by atoms with E-state index in [0.717, 1.165) is 0 Å². The third-order valence-electron chi connectivity index (χ3n) is 4.35. The van der Waals surface area contributed by atoms with Gasteiger partial charge in [0.05, 0.1) is 42.3 Å². The topological polar surface area (TPSA) is 128 Å². The van der Waals surface area contributed by atoms with Gasteiger partial charge >= 0.3 is 0 Å². The molecule has 1 aliphatic rings. The molecular formula is C17H17ClFN7O. The van der Waals surface area contributed by atoms with Gasteiger partial charge in [-0.05, 0) is 17.7 Å². The summed E-state index contributed by atoms with van der Waals surface area (Å²) < 4.78 is 13.3. The summed E-state index contributed by atoms with van der Waals surface area (Å²) in [6.07, 6.45) is 1.98. The summed E-state index contributed by atoms with van der Waals surface area (Å²) in [6, 6.07) is 5.95. The molecule has 0 radical (unpaired) electrons. The van der Waals surface area contributed by atoms with Crippen LogP contribution in [0.15, 0.2) is 40.6 Å². The zero-order valence-corrected chi connectivity index (χ0v) is 15.0. The van der Waals surface area contributed by atoms with Crippen molar-refractivity contribution in [3.05, 3.63) is 68.1 Å². The van der Waals surface area contributed by atoms with Gasteiger partial charge in [0.1, 0.15) is 10.8 Å². The van der Waals surface area contributed by atoms with Crippen LogP contribution in [0.1, 0.15) is 17.5 Å². The molecule has 0 atom stereocenters. The number of rotatable bonds is 4. The number of nitrogens with two attached hydrogens (primary N) is 2. The van der Waals surface area contributed by atoms with Gasteiger partial charge in [-0.25, -0.2) is 15.3 Å². The van der Waals surface area contributed by atoms with Crippen molar-refractivity contribution in [3.63, 3.8) is 0 Å². The molecule has 0 fully saturated rings. The fraction of sp³-hybridized carbons (Fsp3) is 0.235. The molecular weight excluding hydrogens is 373 g/mol. The zero-order chi connectivity index (χ0) is 19.6. The highest BCUT2D eigenvalue weighted by molar-refractivity contribution is 6.33. The average molecular weight is 390 g/mol. The molecule has 10 heteroatoms. The summed E-state index contributed by atoms with van der Waals surface area (Å²) in [5.74, 6) is 5.67. The lowest BCUT2D eigenvalue weighted by molar-refractivity contribution is 0.327. The maximum absolute atomic E-state index is 13.3. The van der Waals surface area contributed by atoms with E-state index >= 15 is 0 Å². The van der Waals surface area contributed by atoms with Gasteiger partial charge in [-0.1, -0.05) is 17.7 Å². The van der Waals surface area contributed by atoms with Crippen LogP contribution in [0.2, 0.25) is 5.02 Å². The van der Waals surface area contributed by atoms with Gasteiger partial charge in [0.25, 0.3) is 5.56 Å². The number of halogens is 2. The molecule has 2 heterocycles. The highest BCUT2D eigenvalue weighted by Gasteiger charge is 2.23. The highest BCUT2D eigenvalue weighted by Crippen LogP contribution is 2.26. The molecule has 0 saturated heterocycles. The van der Waals surface area contributed by atoms with E-state index in [4.69, 9.17) is 28.4 Å². The maximum atomic E-state index is 13.3. The van der Waals surface area contributed by atoms with Crippen LogP contribution >= 0.6 is 11.6 Å². The fourth-order valence-corrected chi connectivity index (χ4v) is 3.19. The third kappa shape index (κ3) is 3.86. The Balaban J connectivity index is 1.79. The molecule has 3 rings (SSSR count). The fourth-order valence-electron chi connectivity index (χ4n) is 2.98. The first kappa shape index (κ1) is 18.7. The number of H-pyrrole nitrogens is 1. The monoisotopic (exact) mass is 389 g/mol. The summed E-state index contributed by atoms with van der Waals surface area (Å²) in [5, 5.41) is 16.7. The van der Waals surface area contributed by atoms with Crippen molar-refractivity contribution < 1.29 is 4.39 Å². The molecule has 27 heavy (non-hydrogen) atoms. The standard InChI is InChI=1S/C17H17ClFN7O/c18-16-15(7-23-24-17(16)27)25-4-3-14(13(21)9-25)26(22)8-10-1-2-12(19)5-11(10)6-20/h1-2,5,7H,3-4,8-9,21-22H2,(H,24,27). The van der Waals surface area contributed by atoms with Gasteiger partial charge in [-0.2, -0.15) is 10.4 Å². The summed E-state index contributed by atoms with van der Waals surface area (Å²) in [7, 11) is 0. The van der Waals surface area contributed by atoms with E-state index in [1.54, 1.807) is 0 Å². The Labute approximate surface area is 159 Å². The van der Waals surface area contributed by atoms with E-state index in [0.29, 0.717) is 42.2 Å². The second-order valence-corrected chi connectivity index (χ2v) is 6.46. The molecule has 8 nitrogen and oxygen atoms in total. The van der Waals surface area contributed by atoms with Gasteiger partial charge < -0.3 is 15.6 Å². The largest absolute Gasteiger partial charge is 0.399 e. The van der Waals surface area contributed by atoms with Crippen LogP contribution in [0, 0.1) is 17.1 Å². The molecule has 0 saturated carbocycles. The van der Waals surface area contributed by atoms with Crippen LogP contribution in [0.3, 0.4) is 0 Å². The average Bonchev–Trinajstić information content (AvgIpc) is 2.65. The molecule has 1 aromatic carbocycles. The second kappa shape index (κ2) is 7.65. The lowest BCUT2D eigenvalue weighted by Gasteiger charge is -2.34. The predicted octanol–water partition coefficient (Wildman–Crippen LogP) is 1.19. The molecule has 0 bridgehead atoms. The first-order valence-electron chi connectivity index (χ1n) is 8.07. The summed E-state index contributed by atoms with van der Waals surface area (Å²) >= 11 is 6.05. The number of hydrogen-bond donors (Lipinski definition) is 3. The molecule has 5 N–H and O–H groups in total. The number of nitrogens with one attached hydrogen (secondary N) is 1. The first-order chi connectivity index (χ1) is 12.9. The van der Waals surface area contributed by atoms with Gasteiger partial charge in [0.2, 0.25) is 0 Å². The van der Waals surface area contributed by atoms with E-state index < -0.39 is 11.4 Å². The molecule has 2 aromatic rings. The number of hydrazine groups is 1. The molecule has 0 aliphatic carbocycles. The first-order valence-corrected chi connectivity index (χ1v) is 8.45. The molecule has 0 spiro atoms. The van der Waals surface area contributed by atoms with Crippen molar-refractivity contribution in [2.24, 2.45) is 11.6 Å².